The number of piperidine rings is 1. The molecule has 1 saturated heterocycles. The van der Waals surface area contributed by atoms with E-state index in [2.05, 4.69) is 10.3 Å². The molecule has 1 aromatic rings. The van der Waals surface area contributed by atoms with E-state index in [1.807, 2.05) is 12.3 Å². The van der Waals surface area contributed by atoms with Crippen molar-refractivity contribution < 1.29 is 9.47 Å². The molecule has 1 unspecified atom stereocenters. The molecular formula is C12H18N2O2. The third-order valence-electron chi connectivity index (χ3n) is 3.04. The Labute approximate surface area is 96.0 Å². The molecule has 0 amide bonds. The summed E-state index contributed by atoms with van der Waals surface area (Å²) in [4.78, 5) is 4.25. The molecule has 0 saturated carbocycles. The van der Waals surface area contributed by atoms with Gasteiger partial charge in [-0.2, -0.15) is 0 Å². The minimum Gasteiger partial charge on any atom is -0.496 e. The zero-order valence-corrected chi connectivity index (χ0v) is 9.82. The summed E-state index contributed by atoms with van der Waals surface area (Å²) >= 11 is 0. The molecule has 0 spiro atoms. The fourth-order valence-corrected chi connectivity index (χ4v) is 2.14. The van der Waals surface area contributed by atoms with Crippen LogP contribution >= 0.6 is 0 Å². The number of pyridine rings is 1. The molecule has 0 aromatic carbocycles. The Kier molecular flexibility index (Phi) is 3.62. The first kappa shape index (κ1) is 11.2. The average molecular weight is 222 g/mol. The molecule has 4 nitrogen and oxygen atoms in total. The van der Waals surface area contributed by atoms with Gasteiger partial charge in [0.25, 0.3) is 0 Å². The molecule has 1 aromatic heterocycles. The smallest absolute Gasteiger partial charge is 0.216 e. The molecule has 1 aliphatic heterocycles. The van der Waals surface area contributed by atoms with Gasteiger partial charge in [-0.25, -0.2) is 4.98 Å². The monoisotopic (exact) mass is 222 g/mol. The lowest BCUT2D eigenvalue weighted by atomic mass is 9.92. The summed E-state index contributed by atoms with van der Waals surface area (Å²) in [5.41, 5.74) is 1.18. The van der Waals surface area contributed by atoms with Crippen LogP contribution in [0, 0.1) is 0 Å². The lowest BCUT2D eigenvalue weighted by Crippen LogP contribution is -2.28. The van der Waals surface area contributed by atoms with Crippen LogP contribution in [0.1, 0.15) is 24.3 Å². The molecule has 88 valence electrons. The van der Waals surface area contributed by atoms with Crippen molar-refractivity contribution in [1.82, 2.24) is 10.3 Å². The summed E-state index contributed by atoms with van der Waals surface area (Å²) in [6, 6.07) is 1.85. The third-order valence-corrected chi connectivity index (χ3v) is 3.04. The van der Waals surface area contributed by atoms with Crippen LogP contribution in [0.5, 0.6) is 11.6 Å². The van der Waals surface area contributed by atoms with Crippen molar-refractivity contribution in [2.45, 2.75) is 18.8 Å². The number of methoxy groups -OCH3 is 2. The fourth-order valence-electron chi connectivity index (χ4n) is 2.14. The van der Waals surface area contributed by atoms with E-state index in [9.17, 15) is 0 Å². The molecule has 2 heterocycles. The number of rotatable bonds is 3. The SMILES string of the molecule is COc1cc(OC)c(C2CCCNC2)cn1. The highest BCUT2D eigenvalue weighted by Crippen LogP contribution is 2.32. The number of aromatic nitrogens is 1. The van der Waals surface area contributed by atoms with Crippen molar-refractivity contribution in [2.24, 2.45) is 0 Å². The largest absolute Gasteiger partial charge is 0.496 e. The van der Waals surface area contributed by atoms with Gasteiger partial charge in [-0.05, 0) is 19.4 Å². The zero-order valence-electron chi connectivity index (χ0n) is 9.82. The molecule has 0 bridgehead atoms. The maximum Gasteiger partial charge on any atom is 0.216 e. The van der Waals surface area contributed by atoms with Gasteiger partial charge in [-0.3, -0.25) is 0 Å². The minimum atomic E-state index is 0.502. The molecular weight excluding hydrogens is 204 g/mol. The third kappa shape index (κ3) is 2.27. The van der Waals surface area contributed by atoms with Crippen LogP contribution in [0.15, 0.2) is 12.3 Å². The van der Waals surface area contributed by atoms with E-state index in [-0.39, 0.29) is 0 Å². The maximum atomic E-state index is 5.39. The van der Waals surface area contributed by atoms with Crippen molar-refractivity contribution in [1.29, 1.82) is 0 Å². The van der Waals surface area contributed by atoms with Crippen LogP contribution in [0.4, 0.5) is 0 Å². The van der Waals surface area contributed by atoms with Gasteiger partial charge in [-0.1, -0.05) is 0 Å². The first-order chi connectivity index (χ1) is 7.85. The van der Waals surface area contributed by atoms with Crippen LogP contribution in [0.25, 0.3) is 0 Å². The normalized spacial score (nSPS) is 20.5. The van der Waals surface area contributed by atoms with Gasteiger partial charge >= 0.3 is 0 Å². The van der Waals surface area contributed by atoms with Gasteiger partial charge in [0, 0.05) is 30.3 Å². The Morgan fingerprint density at radius 3 is 2.88 bits per heavy atom. The highest BCUT2D eigenvalue weighted by atomic mass is 16.5. The zero-order chi connectivity index (χ0) is 11.4. The van der Waals surface area contributed by atoms with Crippen molar-refractivity contribution in [3.8, 4) is 11.6 Å². The molecule has 1 N–H and O–H groups in total. The van der Waals surface area contributed by atoms with Crippen LogP contribution in [-0.4, -0.2) is 32.3 Å². The first-order valence-corrected chi connectivity index (χ1v) is 5.63. The average Bonchev–Trinajstić information content (AvgIpc) is 2.39. The Hall–Kier alpha value is -1.29. The van der Waals surface area contributed by atoms with E-state index >= 15 is 0 Å². The van der Waals surface area contributed by atoms with E-state index in [1.165, 1.54) is 18.4 Å². The summed E-state index contributed by atoms with van der Waals surface area (Å²) in [7, 11) is 3.30. The fraction of sp³-hybridized carbons (Fsp3) is 0.583. The van der Waals surface area contributed by atoms with Gasteiger partial charge in [0.05, 0.1) is 14.2 Å². The van der Waals surface area contributed by atoms with Crippen molar-refractivity contribution >= 4 is 0 Å². The molecule has 16 heavy (non-hydrogen) atoms. The molecule has 2 rings (SSSR count). The lowest BCUT2D eigenvalue weighted by Gasteiger charge is -2.24. The summed E-state index contributed by atoms with van der Waals surface area (Å²) in [6.07, 6.45) is 4.27. The van der Waals surface area contributed by atoms with Crippen LogP contribution in [0.3, 0.4) is 0 Å². The Morgan fingerprint density at radius 1 is 1.38 bits per heavy atom. The standard InChI is InChI=1S/C12H18N2O2/c1-15-11-6-12(16-2)14-8-10(11)9-4-3-5-13-7-9/h6,8-9,13H,3-5,7H2,1-2H3. The van der Waals surface area contributed by atoms with Gasteiger partial charge in [-0.15, -0.1) is 0 Å². The summed E-state index contributed by atoms with van der Waals surface area (Å²) in [6.45, 7) is 2.12. The van der Waals surface area contributed by atoms with Crippen molar-refractivity contribution in [2.75, 3.05) is 27.3 Å². The van der Waals surface area contributed by atoms with Crippen molar-refractivity contribution in [3.63, 3.8) is 0 Å². The maximum absolute atomic E-state index is 5.39. The Morgan fingerprint density at radius 2 is 2.25 bits per heavy atom. The van der Waals surface area contributed by atoms with Gasteiger partial charge in [0.1, 0.15) is 5.75 Å². The van der Waals surface area contributed by atoms with Gasteiger partial charge in [0.2, 0.25) is 5.88 Å². The van der Waals surface area contributed by atoms with Crippen LogP contribution in [-0.2, 0) is 0 Å². The van der Waals surface area contributed by atoms with Gasteiger partial charge in [0.15, 0.2) is 0 Å². The summed E-state index contributed by atoms with van der Waals surface area (Å²) in [5.74, 6) is 1.98. The second kappa shape index (κ2) is 5.16. The number of ether oxygens (including phenoxy) is 2. The Balaban J connectivity index is 2.24. The predicted octanol–water partition coefficient (Wildman–Crippen LogP) is 1.57. The highest BCUT2D eigenvalue weighted by molar-refractivity contribution is 5.38. The first-order valence-electron chi connectivity index (χ1n) is 5.63. The van der Waals surface area contributed by atoms with E-state index in [0.717, 1.165) is 18.8 Å². The minimum absolute atomic E-state index is 0.502. The number of hydrogen-bond donors (Lipinski definition) is 1. The quantitative estimate of drug-likeness (QED) is 0.843. The number of nitrogens with one attached hydrogen (secondary N) is 1. The van der Waals surface area contributed by atoms with E-state index in [1.54, 1.807) is 14.2 Å². The van der Waals surface area contributed by atoms with E-state index in [4.69, 9.17) is 9.47 Å². The molecule has 1 atom stereocenters. The van der Waals surface area contributed by atoms with Crippen LogP contribution < -0.4 is 14.8 Å². The van der Waals surface area contributed by atoms with Crippen LogP contribution in [0.2, 0.25) is 0 Å². The molecule has 1 fully saturated rings. The molecule has 1 aliphatic rings. The Bertz CT molecular complexity index is 349. The predicted molar refractivity (Wildman–Crippen MR) is 62.2 cm³/mol. The second-order valence-electron chi connectivity index (χ2n) is 4.01. The molecule has 4 heteroatoms. The number of hydrogen-bond acceptors (Lipinski definition) is 4. The molecule has 0 aliphatic carbocycles. The van der Waals surface area contributed by atoms with E-state index in [0.29, 0.717) is 11.8 Å². The highest BCUT2D eigenvalue weighted by Gasteiger charge is 2.19. The summed E-state index contributed by atoms with van der Waals surface area (Å²) in [5, 5.41) is 3.40. The lowest BCUT2D eigenvalue weighted by molar-refractivity contribution is 0.371. The topological polar surface area (TPSA) is 43.4 Å². The summed E-state index contributed by atoms with van der Waals surface area (Å²) < 4.78 is 10.5. The molecule has 0 radical (unpaired) electrons. The van der Waals surface area contributed by atoms with E-state index < -0.39 is 0 Å². The second-order valence-corrected chi connectivity index (χ2v) is 4.01. The number of nitrogens with zero attached hydrogens (tertiary/aromatic N) is 1. The van der Waals surface area contributed by atoms with Gasteiger partial charge < -0.3 is 14.8 Å². The van der Waals surface area contributed by atoms with Crippen molar-refractivity contribution in [3.05, 3.63) is 17.8 Å².